The number of nitrogens with one attached hydrogen (secondary N) is 1. The fourth-order valence-electron chi connectivity index (χ4n) is 1.87. The third kappa shape index (κ3) is 2.05. The molecule has 0 bridgehead atoms. The zero-order valence-electron chi connectivity index (χ0n) is 9.64. The number of aliphatic hydroxyl groups excluding tert-OH is 2. The third-order valence-corrected chi connectivity index (χ3v) is 2.78. The molecular formula is C13H13NO4. The topological polar surface area (TPSA) is 86.6 Å². The first-order valence-corrected chi connectivity index (χ1v) is 5.59. The predicted molar refractivity (Wildman–Crippen MR) is 65.3 cm³/mol. The van der Waals surface area contributed by atoms with Gasteiger partial charge in [-0.05, 0) is 0 Å². The molecule has 0 atom stereocenters. The van der Waals surface area contributed by atoms with Crippen molar-refractivity contribution < 1.29 is 19.8 Å². The van der Waals surface area contributed by atoms with Crippen LogP contribution < -0.4 is 5.32 Å². The van der Waals surface area contributed by atoms with Crippen LogP contribution in [0.2, 0.25) is 0 Å². The molecule has 1 aliphatic rings. The fourth-order valence-corrected chi connectivity index (χ4v) is 1.87. The molecule has 0 heterocycles. The van der Waals surface area contributed by atoms with Crippen LogP contribution in [0.15, 0.2) is 29.8 Å². The van der Waals surface area contributed by atoms with Crippen LogP contribution in [0.25, 0.3) is 5.76 Å². The Kier molecular flexibility index (Phi) is 3.55. The molecule has 0 amide bonds. The Labute approximate surface area is 104 Å². The lowest BCUT2D eigenvalue weighted by atomic mass is 9.88. The lowest BCUT2D eigenvalue weighted by Gasteiger charge is -2.17. The second-order valence-electron chi connectivity index (χ2n) is 3.93. The smallest absolute Gasteiger partial charge is 0.234 e. The molecule has 1 aromatic carbocycles. The van der Waals surface area contributed by atoms with E-state index in [0.29, 0.717) is 12.1 Å². The number of hydrogen-bond acceptors (Lipinski definition) is 5. The van der Waals surface area contributed by atoms with Crippen LogP contribution in [0.3, 0.4) is 0 Å². The number of aliphatic hydroxyl groups is 2. The van der Waals surface area contributed by atoms with Gasteiger partial charge in [0.05, 0.1) is 12.2 Å². The Morgan fingerprint density at radius 2 is 1.72 bits per heavy atom. The van der Waals surface area contributed by atoms with Gasteiger partial charge in [0.2, 0.25) is 11.6 Å². The maximum absolute atomic E-state index is 11.8. The van der Waals surface area contributed by atoms with Crippen LogP contribution >= 0.6 is 0 Å². The monoisotopic (exact) mass is 247 g/mol. The summed E-state index contributed by atoms with van der Waals surface area (Å²) in [6, 6.07) is 6.45. The van der Waals surface area contributed by atoms with Crippen molar-refractivity contribution >= 4 is 17.3 Å². The molecule has 0 fully saturated rings. The fraction of sp³-hybridized carbons (Fsp3) is 0.231. The molecule has 1 aliphatic carbocycles. The Balaban J connectivity index is 2.39. The van der Waals surface area contributed by atoms with Gasteiger partial charge < -0.3 is 15.5 Å². The molecule has 0 radical (unpaired) electrons. The number of carbonyl (C=O) groups is 2. The quantitative estimate of drug-likeness (QED) is 0.526. The second-order valence-corrected chi connectivity index (χ2v) is 3.93. The van der Waals surface area contributed by atoms with E-state index in [2.05, 4.69) is 5.32 Å². The molecule has 2 rings (SSSR count). The Hall–Kier alpha value is -1.98. The maximum Gasteiger partial charge on any atom is 0.234 e. The predicted octanol–water partition coefficient (Wildman–Crippen LogP) is 0.303. The van der Waals surface area contributed by atoms with E-state index in [9.17, 15) is 14.7 Å². The first kappa shape index (κ1) is 12.5. The van der Waals surface area contributed by atoms with E-state index in [1.54, 1.807) is 18.2 Å². The number of benzene rings is 1. The van der Waals surface area contributed by atoms with E-state index < -0.39 is 11.6 Å². The average molecular weight is 247 g/mol. The Morgan fingerprint density at radius 1 is 1.06 bits per heavy atom. The van der Waals surface area contributed by atoms with Gasteiger partial charge in [-0.25, -0.2) is 0 Å². The van der Waals surface area contributed by atoms with E-state index in [0.717, 1.165) is 0 Å². The number of Topliss-reactive ketones (excluding diaryl/α,β-unsaturated/α-hetero) is 2. The Morgan fingerprint density at radius 3 is 2.39 bits per heavy atom. The van der Waals surface area contributed by atoms with Crippen LogP contribution in [0.5, 0.6) is 0 Å². The van der Waals surface area contributed by atoms with Crippen molar-refractivity contribution in [3.05, 3.63) is 41.0 Å². The van der Waals surface area contributed by atoms with Gasteiger partial charge in [0.15, 0.2) is 0 Å². The van der Waals surface area contributed by atoms with E-state index >= 15 is 0 Å². The maximum atomic E-state index is 11.8. The van der Waals surface area contributed by atoms with Crippen molar-refractivity contribution in [2.75, 3.05) is 19.7 Å². The third-order valence-electron chi connectivity index (χ3n) is 2.78. The molecule has 94 valence electrons. The van der Waals surface area contributed by atoms with Crippen LogP contribution in [0.4, 0.5) is 0 Å². The number of hydrogen-bond donors (Lipinski definition) is 3. The van der Waals surface area contributed by atoms with E-state index in [-0.39, 0.29) is 30.0 Å². The zero-order chi connectivity index (χ0) is 13.1. The number of rotatable bonds is 4. The minimum absolute atomic E-state index is 0.0483. The molecule has 0 aliphatic heterocycles. The van der Waals surface area contributed by atoms with E-state index in [1.165, 1.54) is 6.07 Å². The summed E-state index contributed by atoms with van der Waals surface area (Å²) in [6.45, 7) is 0.276. The zero-order valence-corrected chi connectivity index (χ0v) is 9.64. The highest BCUT2D eigenvalue weighted by Gasteiger charge is 2.31. The molecule has 18 heavy (non-hydrogen) atoms. The lowest BCUT2D eigenvalue weighted by Crippen LogP contribution is -2.31. The van der Waals surface area contributed by atoms with Crippen molar-refractivity contribution in [2.24, 2.45) is 0 Å². The lowest BCUT2D eigenvalue weighted by molar-refractivity contribution is -0.112. The van der Waals surface area contributed by atoms with Crippen LogP contribution in [0, 0.1) is 0 Å². The van der Waals surface area contributed by atoms with Crippen LogP contribution in [-0.2, 0) is 4.79 Å². The highest BCUT2D eigenvalue weighted by molar-refractivity contribution is 6.52. The SMILES string of the molecule is O=C1C(=O)c2ccccc2C(O)=C1CNCCO. The van der Waals surface area contributed by atoms with Crippen molar-refractivity contribution in [2.45, 2.75) is 0 Å². The molecule has 5 heteroatoms. The molecule has 1 aromatic rings. The highest BCUT2D eigenvalue weighted by Crippen LogP contribution is 2.27. The summed E-state index contributed by atoms with van der Waals surface area (Å²) >= 11 is 0. The molecular weight excluding hydrogens is 234 g/mol. The van der Waals surface area contributed by atoms with Crippen molar-refractivity contribution in [1.82, 2.24) is 5.32 Å². The van der Waals surface area contributed by atoms with Crippen molar-refractivity contribution in [3.8, 4) is 0 Å². The van der Waals surface area contributed by atoms with Gasteiger partial charge in [-0.3, -0.25) is 9.59 Å². The molecule has 3 N–H and O–H groups in total. The summed E-state index contributed by atoms with van der Waals surface area (Å²) in [4.78, 5) is 23.7. The molecule has 5 nitrogen and oxygen atoms in total. The van der Waals surface area contributed by atoms with Gasteiger partial charge in [0.1, 0.15) is 5.76 Å². The summed E-state index contributed by atoms with van der Waals surface area (Å²) in [7, 11) is 0. The van der Waals surface area contributed by atoms with Gasteiger partial charge in [0.25, 0.3) is 0 Å². The summed E-state index contributed by atoms with van der Waals surface area (Å²) in [6.07, 6.45) is 0. The van der Waals surface area contributed by atoms with Gasteiger partial charge in [-0.15, -0.1) is 0 Å². The Bertz CT molecular complexity index is 534. The highest BCUT2D eigenvalue weighted by atomic mass is 16.3. The average Bonchev–Trinajstić information content (AvgIpc) is 2.40. The molecule has 0 saturated carbocycles. The molecule has 0 aromatic heterocycles. The first-order valence-electron chi connectivity index (χ1n) is 5.59. The summed E-state index contributed by atoms with van der Waals surface area (Å²) in [5.41, 5.74) is 0.654. The normalized spacial score (nSPS) is 14.9. The summed E-state index contributed by atoms with van der Waals surface area (Å²) < 4.78 is 0. The van der Waals surface area contributed by atoms with Gasteiger partial charge >= 0.3 is 0 Å². The van der Waals surface area contributed by atoms with Gasteiger partial charge in [-0.2, -0.15) is 0 Å². The van der Waals surface area contributed by atoms with E-state index in [1.807, 2.05) is 0 Å². The molecule has 0 unspecified atom stereocenters. The van der Waals surface area contributed by atoms with Crippen molar-refractivity contribution in [3.63, 3.8) is 0 Å². The number of carbonyl (C=O) groups excluding carboxylic acids is 2. The number of ketones is 2. The largest absolute Gasteiger partial charge is 0.507 e. The van der Waals surface area contributed by atoms with Crippen LogP contribution in [0.1, 0.15) is 15.9 Å². The van der Waals surface area contributed by atoms with Gasteiger partial charge in [0, 0.05) is 24.2 Å². The minimum atomic E-state index is -0.698. The summed E-state index contributed by atoms with van der Waals surface area (Å²) in [5.74, 6) is -1.47. The molecule has 0 saturated heterocycles. The van der Waals surface area contributed by atoms with Crippen molar-refractivity contribution in [1.29, 1.82) is 0 Å². The first-order chi connectivity index (χ1) is 8.66. The molecule has 0 spiro atoms. The van der Waals surface area contributed by atoms with Crippen LogP contribution in [-0.4, -0.2) is 41.5 Å². The minimum Gasteiger partial charge on any atom is -0.507 e. The summed E-state index contributed by atoms with van der Waals surface area (Å²) in [5, 5.41) is 21.4. The number of fused-ring (bicyclic) bond motifs is 1. The second kappa shape index (κ2) is 5.12. The van der Waals surface area contributed by atoms with Gasteiger partial charge in [-0.1, -0.05) is 24.3 Å². The standard InChI is InChI=1S/C13H13NO4/c15-6-5-14-7-10-11(16)8-3-1-2-4-9(8)12(17)13(10)18/h1-4,14-16H,5-7H2. The van der Waals surface area contributed by atoms with E-state index in [4.69, 9.17) is 5.11 Å².